The Morgan fingerprint density at radius 2 is 1.58 bits per heavy atom. The van der Waals surface area contributed by atoms with Crippen LogP contribution in [0.1, 0.15) is 88.5 Å². The van der Waals surface area contributed by atoms with Crippen molar-refractivity contribution in [3.8, 4) is 5.75 Å². The molecule has 8 rings (SSSR count). The van der Waals surface area contributed by atoms with E-state index in [0.717, 1.165) is 82.2 Å². The van der Waals surface area contributed by atoms with Crippen molar-refractivity contribution < 1.29 is 24.0 Å². The minimum absolute atomic E-state index is 0.0564. The molecular formula is C31H44N2O5. The lowest BCUT2D eigenvalue weighted by atomic mass is 9.53. The zero-order valence-corrected chi connectivity index (χ0v) is 22.7. The summed E-state index contributed by atoms with van der Waals surface area (Å²) in [6.07, 6.45) is 13.2. The Balaban J connectivity index is 0.862. The van der Waals surface area contributed by atoms with E-state index in [4.69, 9.17) is 25.0 Å². The number of rotatable bonds is 7. The monoisotopic (exact) mass is 524 g/mol. The van der Waals surface area contributed by atoms with Gasteiger partial charge in [-0.3, -0.25) is 4.79 Å². The van der Waals surface area contributed by atoms with Crippen LogP contribution in [0.4, 0.5) is 0 Å². The standard InChI is InChI=1S/C31H44N2O5/c32-29(34)25-8-13-33(14-9-25)12-1-15-35-28-4-2-23(3-5-28)24-6-10-30(11-7-24)36-31(38-37-30)26-17-21-16-22(19-26)20-27(31)18-21/h2-5,21-22,24-27H,1,6-20H2,(H2,32,34)/t21?,22?,24-,26?,27?,30+,31-. The molecule has 1 amide bonds. The van der Waals surface area contributed by atoms with E-state index in [1.165, 1.54) is 37.7 Å². The number of ether oxygens (including phenoxy) is 2. The first-order valence-corrected chi connectivity index (χ1v) is 15.3. The summed E-state index contributed by atoms with van der Waals surface area (Å²) in [5, 5.41) is 0. The van der Waals surface area contributed by atoms with Crippen molar-refractivity contribution in [1.82, 2.24) is 4.90 Å². The zero-order valence-electron chi connectivity index (χ0n) is 22.7. The summed E-state index contributed by atoms with van der Waals surface area (Å²) in [5.74, 6) is 3.21. The Morgan fingerprint density at radius 3 is 2.21 bits per heavy atom. The van der Waals surface area contributed by atoms with E-state index >= 15 is 0 Å². The van der Waals surface area contributed by atoms with Gasteiger partial charge < -0.3 is 20.1 Å². The lowest BCUT2D eigenvalue weighted by Crippen LogP contribution is -2.59. The third-order valence-electron chi connectivity index (χ3n) is 10.9. The molecule has 208 valence electrons. The van der Waals surface area contributed by atoms with Crippen LogP contribution in [0.25, 0.3) is 0 Å². The Bertz CT molecular complexity index is 968. The maximum absolute atomic E-state index is 11.3. The van der Waals surface area contributed by atoms with Crippen molar-refractivity contribution in [2.24, 2.45) is 35.3 Å². The number of hydrogen-bond acceptors (Lipinski definition) is 6. The number of hydrogen-bond donors (Lipinski definition) is 1. The summed E-state index contributed by atoms with van der Waals surface area (Å²) in [5.41, 5.74) is 6.82. The van der Waals surface area contributed by atoms with Crippen LogP contribution in [-0.4, -0.2) is 48.6 Å². The zero-order chi connectivity index (χ0) is 25.7. The van der Waals surface area contributed by atoms with Gasteiger partial charge in [0, 0.05) is 37.1 Å². The van der Waals surface area contributed by atoms with Gasteiger partial charge in [-0.1, -0.05) is 12.1 Å². The maximum Gasteiger partial charge on any atom is 0.220 e. The molecule has 1 aromatic rings. The van der Waals surface area contributed by atoms with Crippen LogP contribution in [0, 0.1) is 29.6 Å². The minimum Gasteiger partial charge on any atom is -0.494 e. The second-order valence-corrected chi connectivity index (χ2v) is 13.3. The minimum atomic E-state index is -0.538. The Labute approximate surface area is 226 Å². The SMILES string of the molecule is NC(=O)C1CCN(CCCOc2ccc([C@H]3CC[C@]4(CC3)OO[C@]3(O4)C4CC5CC(C4)CC3C5)cc2)CC1. The van der Waals surface area contributed by atoms with Gasteiger partial charge in [0.25, 0.3) is 0 Å². The smallest absolute Gasteiger partial charge is 0.220 e. The van der Waals surface area contributed by atoms with Gasteiger partial charge in [0.2, 0.25) is 17.5 Å². The van der Waals surface area contributed by atoms with E-state index in [1.54, 1.807) is 0 Å². The van der Waals surface area contributed by atoms with Gasteiger partial charge in [-0.15, -0.1) is 0 Å². The highest BCUT2D eigenvalue weighted by molar-refractivity contribution is 5.76. The van der Waals surface area contributed by atoms with E-state index in [1.807, 2.05) is 0 Å². The summed E-state index contributed by atoms with van der Waals surface area (Å²) in [6.45, 7) is 3.62. The van der Waals surface area contributed by atoms with E-state index in [2.05, 4.69) is 29.2 Å². The number of likely N-dealkylation sites (tertiary alicyclic amines) is 1. The molecule has 7 heteroatoms. The highest BCUT2D eigenvalue weighted by atomic mass is 17.3. The lowest BCUT2D eigenvalue weighted by molar-refractivity contribution is -0.390. The Morgan fingerprint density at radius 1 is 0.921 bits per heavy atom. The van der Waals surface area contributed by atoms with Crippen molar-refractivity contribution in [3.05, 3.63) is 29.8 Å². The predicted molar refractivity (Wildman–Crippen MR) is 142 cm³/mol. The second-order valence-electron chi connectivity index (χ2n) is 13.3. The van der Waals surface area contributed by atoms with Gasteiger partial charge in [-0.2, -0.15) is 9.78 Å². The van der Waals surface area contributed by atoms with Crippen molar-refractivity contribution in [2.75, 3.05) is 26.2 Å². The summed E-state index contributed by atoms with van der Waals surface area (Å²) in [7, 11) is 0. The fourth-order valence-electron chi connectivity index (χ4n) is 8.94. The summed E-state index contributed by atoms with van der Waals surface area (Å²) >= 11 is 0. The number of amides is 1. The second kappa shape index (κ2) is 10.1. The third-order valence-corrected chi connectivity index (χ3v) is 10.9. The molecule has 0 atom stereocenters. The number of nitrogens with two attached hydrogens (primary N) is 1. The first-order chi connectivity index (χ1) is 18.5. The molecule has 0 radical (unpaired) electrons. The van der Waals surface area contributed by atoms with Crippen LogP contribution in [-0.2, 0) is 19.3 Å². The van der Waals surface area contributed by atoms with Gasteiger partial charge in [-0.05, 0) is 113 Å². The van der Waals surface area contributed by atoms with Crippen molar-refractivity contribution in [3.63, 3.8) is 0 Å². The van der Waals surface area contributed by atoms with Crippen LogP contribution in [0.5, 0.6) is 5.75 Å². The van der Waals surface area contributed by atoms with Crippen LogP contribution >= 0.6 is 0 Å². The molecule has 38 heavy (non-hydrogen) atoms. The molecule has 4 bridgehead atoms. The average molecular weight is 525 g/mol. The molecular weight excluding hydrogens is 480 g/mol. The normalized spacial score (nSPS) is 40.8. The van der Waals surface area contributed by atoms with Gasteiger partial charge in [0.15, 0.2) is 0 Å². The summed E-state index contributed by atoms with van der Waals surface area (Å²) in [6, 6.07) is 8.71. The van der Waals surface area contributed by atoms with Gasteiger partial charge in [0.05, 0.1) is 6.61 Å². The van der Waals surface area contributed by atoms with Crippen LogP contribution < -0.4 is 10.5 Å². The molecule has 7 aliphatic rings. The predicted octanol–water partition coefficient (Wildman–Crippen LogP) is 5.14. The molecule has 2 spiro atoms. The summed E-state index contributed by atoms with van der Waals surface area (Å²) < 4.78 is 12.9. The maximum atomic E-state index is 11.3. The third kappa shape index (κ3) is 4.67. The number of piperidine rings is 1. The number of carbonyl (C=O) groups is 1. The highest BCUT2D eigenvalue weighted by Gasteiger charge is 2.66. The van der Waals surface area contributed by atoms with Crippen molar-refractivity contribution >= 4 is 5.91 Å². The summed E-state index contributed by atoms with van der Waals surface area (Å²) in [4.78, 5) is 26.1. The largest absolute Gasteiger partial charge is 0.494 e. The van der Waals surface area contributed by atoms with Crippen LogP contribution in [0.15, 0.2) is 24.3 Å². The van der Waals surface area contributed by atoms with E-state index in [0.29, 0.717) is 24.4 Å². The molecule has 2 heterocycles. The fourth-order valence-corrected chi connectivity index (χ4v) is 8.94. The van der Waals surface area contributed by atoms with Crippen molar-refractivity contribution in [2.45, 2.75) is 94.5 Å². The van der Waals surface area contributed by atoms with E-state index < -0.39 is 11.6 Å². The quantitative estimate of drug-likeness (QED) is 0.393. The molecule has 2 N–H and O–H groups in total. The van der Waals surface area contributed by atoms with Crippen molar-refractivity contribution in [1.29, 1.82) is 0 Å². The molecule has 5 saturated carbocycles. The Hall–Kier alpha value is -1.67. The Kier molecular flexibility index (Phi) is 6.70. The van der Waals surface area contributed by atoms with Crippen LogP contribution in [0.3, 0.4) is 0 Å². The average Bonchev–Trinajstić information content (AvgIpc) is 3.30. The first kappa shape index (κ1) is 25.3. The molecule has 0 aromatic heterocycles. The number of carbonyl (C=O) groups excluding carboxylic acids is 1. The van der Waals surface area contributed by atoms with Gasteiger partial charge >= 0.3 is 0 Å². The van der Waals surface area contributed by atoms with Gasteiger partial charge in [-0.25, -0.2) is 0 Å². The number of nitrogens with zero attached hydrogens (tertiary/aromatic N) is 1. The van der Waals surface area contributed by atoms with E-state index in [9.17, 15) is 4.79 Å². The highest BCUT2D eigenvalue weighted by Crippen LogP contribution is 2.64. The number of benzene rings is 1. The molecule has 0 unspecified atom stereocenters. The molecule has 7 fully saturated rings. The molecule has 5 aliphatic carbocycles. The molecule has 1 aromatic carbocycles. The lowest BCUT2D eigenvalue weighted by Gasteiger charge is -2.57. The fraction of sp³-hybridized carbons (Fsp3) is 0.774. The number of primary amides is 1. The molecule has 2 aliphatic heterocycles. The van der Waals surface area contributed by atoms with E-state index in [-0.39, 0.29) is 11.8 Å². The van der Waals surface area contributed by atoms with Gasteiger partial charge in [0.1, 0.15) is 5.75 Å². The van der Waals surface area contributed by atoms with Crippen LogP contribution in [0.2, 0.25) is 0 Å². The molecule has 2 saturated heterocycles. The first-order valence-electron chi connectivity index (χ1n) is 15.3. The topological polar surface area (TPSA) is 83.3 Å². The molecule has 7 nitrogen and oxygen atoms in total.